The molecule has 0 aliphatic heterocycles. The average molecular weight is 306 g/mol. The predicted octanol–water partition coefficient (Wildman–Crippen LogP) is 3.11. The summed E-state index contributed by atoms with van der Waals surface area (Å²) in [5, 5.41) is 12.3. The number of carbonyl (C=O) groups excluding carboxylic acids is 1. The van der Waals surface area contributed by atoms with Crippen LogP contribution in [0.25, 0.3) is 0 Å². The van der Waals surface area contributed by atoms with Crippen molar-refractivity contribution in [1.82, 2.24) is 5.32 Å². The number of benzene rings is 2. The third kappa shape index (κ3) is 3.67. The fraction of sp³-hybridized carbons (Fsp3) is 0.188. The summed E-state index contributed by atoms with van der Waals surface area (Å²) in [5.74, 6) is -0.315. The first-order chi connectivity index (χ1) is 10.1. The molecule has 21 heavy (non-hydrogen) atoms. The maximum atomic E-state index is 12.1. The molecule has 5 heteroatoms. The summed E-state index contributed by atoms with van der Waals surface area (Å²) >= 11 is 6.23. The summed E-state index contributed by atoms with van der Waals surface area (Å²) in [5.41, 5.74) is 1.08. The molecule has 0 saturated heterocycles. The molecule has 0 fully saturated rings. The van der Waals surface area contributed by atoms with Gasteiger partial charge in [0.05, 0.1) is 18.1 Å². The molecule has 0 saturated carbocycles. The van der Waals surface area contributed by atoms with Crippen LogP contribution < -0.4 is 10.1 Å². The van der Waals surface area contributed by atoms with Crippen LogP contribution in [0.1, 0.15) is 21.3 Å². The number of methoxy groups -OCH3 is 1. The zero-order valence-electron chi connectivity index (χ0n) is 11.5. The lowest BCUT2D eigenvalue weighted by molar-refractivity contribution is 0.0950. The van der Waals surface area contributed by atoms with Gasteiger partial charge in [-0.15, -0.1) is 11.6 Å². The molecule has 1 unspecified atom stereocenters. The normalized spacial score (nSPS) is 11.7. The van der Waals surface area contributed by atoms with Crippen molar-refractivity contribution in [2.24, 2.45) is 0 Å². The largest absolute Gasteiger partial charge is 0.504 e. The van der Waals surface area contributed by atoms with Gasteiger partial charge in [-0.05, 0) is 17.7 Å². The Kier molecular flexibility index (Phi) is 5.06. The standard InChI is InChI=1S/C16H16ClNO3/c1-21-14-9-5-8-12(15(14)19)16(20)18-10-13(17)11-6-3-2-4-7-11/h2-9,13,19H,10H2,1H3,(H,18,20). The Labute approximate surface area is 128 Å². The number of alkyl halides is 1. The van der Waals surface area contributed by atoms with Crippen LogP contribution in [0.3, 0.4) is 0 Å². The summed E-state index contributed by atoms with van der Waals surface area (Å²) in [7, 11) is 1.43. The van der Waals surface area contributed by atoms with Crippen LogP contribution in [0.5, 0.6) is 11.5 Å². The Hall–Kier alpha value is -2.20. The highest BCUT2D eigenvalue weighted by atomic mass is 35.5. The lowest BCUT2D eigenvalue weighted by Crippen LogP contribution is -2.27. The van der Waals surface area contributed by atoms with Crippen molar-refractivity contribution in [3.8, 4) is 11.5 Å². The number of rotatable bonds is 5. The molecule has 2 rings (SSSR count). The van der Waals surface area contributed by atoms with Gasteiger partial charge >= 0.3 is 0 Å². The first-order valence-electron chi connectivity index (χ1n) is 6.46. The van der Waals surface area contributed by atoms with Gasteiger partial charge < -0.3 is 15.2 Å². The lowest BCUT2D eigenvalue weighted by Gasteiger charge is -2.12. The van der Waals surface area contributed by atoms with Crippen LogP contribution in [0.4, 0.5) is 0 Å². The SMILES string of the molecule is COc1cccc(C(=O)NCC(Cl)c2ccccc2)c1O. The van der Waals surface area contributed by atoms with Gasteiger partial charge in [-0.25, -0.2) is 0 Å². The summed E-state index contributed by atoms with van der Waals surface area (Å²) in [6.07, 6.45) is 0. The average Bonchev–Trinajstić information content (AvgIpc) is 2.53. The molecule has 2 aromatic rings. The van der Waals surface area contributed by atoms with Crippen LogP contribution in [-0.2, 0) is 0 Å². The first kappa shape index (κ1) is 15.2. The summed E-state index contributed by atoms with van der Waals surface area (Å²) < 4.78 is 4.97. The van der Waals surface area contributed by atoms with Gasteiger partial charge in [-0.1, -0.05) is 36.4 Å². The van der Waals surface area contributed by atoms with Gasteiger partial charge in [0.25, 0.3) is 5.91 Å². The Morgan fingerprint density at radius 3 is 2.62 bits per heavy atom. The van der Waals surface area contributed by atoms with Crippen molar-refractivity contribution in [3.63, 3.8) is 0 Å². The molecule has 0 aliphatic carbocycles. The molecule has 0 radical (unpaired) electrons. The fourth-order valence-corrected chi connectivity index (χ4v) is 2.15. The van der Waals surface area contributed by atoms with Crippen molar-refractivity contribution < 1.29 is 14.6 Å². The number of phenolic OH excluding ortho intramolecular Hbond substituents is 1. The number of hydrogen-bond acceptors (Lipinski definition) is 3. The molecule has 0 heterocycles. The lowest BCUT2D eigenvalue weighted by atomic mass is 10.1. The van der Waals surface area contributed by atoms with Crippen LogP contribution in [0.15, 0.2) is 48.5 Å². The quantitative estimate of drug-likeness (QED) is 0.835. The van der Waals surface area contributed by atoms with E-state index >= 15 is 0 Å². The molecular weight excluding hydrogens is 290 g/mol. The second-order valence-corrected chi connectivity index (χ2v) is 4.97. The number of nitrogens with one attached hydrogen (secondary N) is 1. The molecule has 110 valence electrons. The van der Waals surface area contributed by atoms with Crippen molar-refractivity contribution >= 4 is 17.5 Å². The number of carbonyl (C=O) groups is 1. The van der Waals surface area contributed by atoms with E-state index in [1.165, 1.54) is 13.2 Å². The van der Waals surface area contributed by atoms with Crippen molar-refractivity contribution in [2.75, 3.05) is 13.7 Å². The highest BCUT2D eigenvalue weighted by Crippen LogP contribution is 2.29. The van der Waals surface area contributed by atoms with Crippen LogP contribution in [0, 0.1) is 0 Å². The summed E-state index contributed by atoms with van der Waals surface area (Å²) in [4.78, 5) is 12.1. The third-order valence-corrected chi connectivity index (χ3v) is 3.47. The minimum Gasteiger partial charge on any atom is -0.504 e. The van der Waals surface area contributed by atoms with E-state index in [1.807, 2.05) is 30.3 Å². The van der Waals surface area contributed by atoms with Gasteiger partial charge in [-0.3, -0.25) is 4.79 Å². The first-order valence-corrected chi connectivity index (χ1v) is 6.90. The van der Waals surface area contributed by atoms with Crippen LogP contribution >= 0.6 is 11.6 Å². The summed E-state index contributed by atoms with van der Waals surface area (Å²) in [6.45, 7) is 0.265. The molecule has 4 nitrogen and oxygen atoms in total. The molecular formula is C16H16ClNO3. The molecule has 0 aliphatic rings. The van der Waals surface area contributed by atoms with E-state index in [0.717, 1.165) is 5.56 Å². The van der Waals surface area contributed by atoms with Crippen LogP contribution in [0.2, 0.25) is 0 Å². The topological polar surface area (TPSA) is 58.6 Å². The minimum atomic E-state index is -0.395. The van der Waals surface area contributed by atoms with Crippen molar-refractivity contribution in [1.29, 1.82) is 0 Å². The van der Waals surface area contributed by atoms with Gasteiger partial charge in [0.2, 0.25) is 0 Å². The van der Waals surface area contributed by atoms with Gasteiger partial charge in [0, 0.05) is 6.54 Å². The Balaban J connectivity index is 2.02. The zero-order chi connectivity index (χ0) is 15.2. The second-order valence-electron chi connectivity index (χ2n) is 4.44. The van der Waals surface area contributed by atoms with E-state index in [0.29, 0.717) is 0 Å². The number of para-hydroxylation sites is 1. The Bertz CT molecular complexity index is 616. The van der Waals surface area contributed by atoms with Gasteiger partial charge in [0.15, 0.2) is 11.5 Å². The Morgan fingerprint density at radius 1 is 1.24 bits per heavy atom. The smallest absolute Gasteiger partial charge is 0.255 e. The third-order valence-electron chi connectivity index (χ3n) is 3.07. The summed E-state index contributed by atoms with van der Waals surface area (Å²) in [6, 6.07) is 14.2. The van der Waals surface area contributed by atoms with Gasteiger partial charge in [0.1, 0.15) is 0 Å². The minimum absolute atomic E-state index is 0.159. The van der Waals surface area contributed by atoms with E-state index in [9.17, 15) is 9.90 Å². The molecule has 2 N–H and O–H groups in total. The maximum absolute atomic E-state index is 12.1. The predicted molar refractivity (Wildman–Crippen MR) is 82.0 cm³/mol. The number of aromatic hydroxyl groups is 1. The van der Waals surface area contributed by atoms with Crippen molar-refractivity contribution in [2.45, 2.75) is 5.38 Å². The highest BCUT2D eigenvalue weighted by molar-refractivity contribution is 6.21. The van der Waals surface area contributed by atoms with Gasteiger partial charge in [-0.2, -0.15) is 0 Å². The second kappa shape index (κ2) is 6.99. The zero-order valence-corrected chi connectivity index (χ0v) is 12.3. The van der Waals surface area contributed by atoms with E-state index in [1.54, 1.807) is 12.1 Å². The molecule has 0 bridgehead atoms. The molecule has 0 aromatic heterocycles. The molecule has 0 spiro atoms. The van der Waals surface area contributed by atoms with Crippen LogP contribution in [-0.4, -0.2) is 24.7 Å². The van der Waals surface area contributed by atoms with E-state index in [4.69, 9.17) is 16.3 Å². The van der Waals surface area contributed by atoms with E-state index < -0.39 is 5.91 Å². The Morgan fingerprint density at radius 2 is 1.95 bits per heavy atom. The highest BCUT2D eigenvalue weighted by Gasteiger charge is 2.16. The maximum Gasteiger partial charge on any atom is 0.255 e. The number of amides is 1. The molecule has 1 atom stereocenters. The fourth-order valence-electron chi connectivity index (χ4n) is 1.93. The number of halogens is 1. The van der Waals surface area contributed by atoms with Crippen molar-refractivity contribution in [3.05, 3.63) is 59.7 Å². The monoisotopic (exact) mass is 305 g/mol. The number of hydrogen-bond donors (Lipinski definition) is 2. The van der Waals surface area contributed by atoms with E-state index in [2.05, 4.69) is 5.32 Å². The molecule has 1 amide bonds. The number of phenols is 1. The number of ether oxygens (including phenoxy) is 1. The van der Waals surface area contributed by atoms with E-state index in [-0.39, 0.29) is 29.0 Å². The molecule has 2 aromatic carbocycles.